The van der Waals surface area contributed by atoms with E-state index in [1.54, 1.807) is 6.92 Å². The van der Waals surface area contributed by atoms with Crippen LogP contribution in [0, 0.1) is 0 Å². The summed E-state index contributed by atoms with van der Waals surface area (Å²) < 4.78 is 0. The largest absolute Gasteiger partial charge is 0.476 e. The van der Waals surface area contributed by atoms with Crippen LogP contribution in [-0.2, 0) is 4.79 Å². The van der Waals surface area contributed by atoms with E-state index in [0.29, 0.717) is 18.0 Å². The third-order valence-corrected chi connectivity index (χ3v) is 3.52. The second kappa shape index (κ2) is 6.81. The van der Waals surface area contributed by atoms with Crippen molar-refractivity contribution in [2.75, 3.05) is 6.54 Å². The molecule has 0 spiro atoms. The van der Waals surface area contributed by atoms with Gasteiger partial charge in [0, 0.05) is 23.9 Å². The quantitative estimate of drug-likeness (QED) is 0.745. The molecule has 1 atom stereocenters. The molecule has 1 rings (SSSR count). The average Bonchev–Trinajstić information content (AvgIpc) is 2.76. The predicted molar refractivity (Wildman–Crippen MR) is 78.0 cm³/mol. The smallest absolute Gasteiger partial charge is 0.355 e. The predicted octanol–water partition coefficient (Wildman–Crippen LogP) is 1.80. The fourth-order valence-electron chi connectivity index (χ4n) is 1.51. The maximum Gasteiger partial charge on any atom is 0.355 e. The van der Waals surface area contributed by atoms with E-state index < -0.39 is 5.97 Å². The molecular formula is C13H21N3O3S. The molecule has 0 saturated carbocycles. The third-order valence-electron chi connectivity index (χ3n) is 2.50. The molecule has 0 aromatic carbocycles. The van der Waals surface area contributed by atoms with E-state index in [1.165, 1.54) is 16.7 Å². The normalized spacial score (nSPS) is 13.0. The SMILES string of the molecule is CC(NC(=O)CCNC(C)(C)C)c1nc(C(=O)O)cs1. The highest BCUT2D eigenvalue weighted by atomic mass is 32.1. The fraction of sp³-hybridized carbons (Fsp3) is 0.615. The van der Waals surface area contributed by atoms with Gasteiger partial charge in [-0.05, 0) is 27.7 Å². The summed E-state index contributed by atoms with van der Waals surface area (Å²) in [6, 6.07) is -0.282. The van der Waals surface area contributed by atoms with Crippen LogP contribution in [0.25, 0.3) is 0 Å². The molecule has 3 N–H and O–H groups in total. The van der Waals surface area contributed by atoms with Gasteiger partial charge in [0.15, 0.2) is 5.69 Å². The van der Waals surface area contributed by atoms with Crippen molar-refractivity contribution >= 4 is 23.2 Å². The van der Waals surface area contributed by atoms with E-state index in [4.69, 9.17) is 5.11 Å². The highest BCUT2D eigenvalue weighted by Gasteiger charge is 2.16. The Kier molecular flexibility index (Phi) is 5.64. The molecule has 6 nitrogen and oxygen atoms in total. The molecular weight excluding hydrogens is 278 g/mol. The number of hydrogen-bond acceptors (Lipinski definition) is 5. The number of carbonyl (C=O) groups is 2. The molecule has 0 aliphatic heterocycles. The van der Waals surface area contributed by atoms with Crippen molar-refractivity contribution in [3.63, 3.8) is 0 Å². The van der Waals surface area contributed by atoms with Crippen LogP contribution in [0.2, 0.25) is 0 Å². The van der Waals surface area contributed by atoms with Gasteiger partial charge < -0.3 is 15.7 Å². The molecule has 1 unspecified atom stereocenters. The van der Waals surface area contributed by atoms with Gasteiger partial charge >= 0.3 is 5.97 Å². The van der Waals surface area contributed by atoms with E-state index >= 15 is 0 Å². The minimum atomic E-state index is -1.06. The van der Waals surface area contributed by atoms with Gasteiger partial charge in [-0.25, -0.2) is 9.78 Å². The van der Waals surface area contributed by atoms with E-state index in [2.05, 4.69) is 15.6 Å². The first-order chi connectivity index (χ1) is 9.19. The van der Waals surface area contributed by atoms with Crippen molar-refractivity contribution in [1.82, 2.24) is 15.6 Å². The van der Waals surface area contributed by atoms with Crippen LogP contribution in [0.3, 0.4) is 0 Å². The molecule has 0 fully saturated rings. The van der Waals surface area contributed by atoms with Crippen molar-refractivity contribution in [3.05, 3.63) is 16.1 Å². The Morgan fingerprint density at radius 1 is 1.45 bits per heavy atom. The van der Waals surface area contributed by atoms with E-state index in [0.717, 1.165) is 0 Å². The lowest BCUT2D eigenvalue weighted by Gasteiger charge is -2.20. The monoisotopic (exact) mass is 299 g/mol. The number of aromatic carboxylic acids is 1. The number of carboxylic acids is 1. The Morgan fingerprint density at radius 3 is 2.60 bits per heavy atom. The van der Waals surface area contributed by atoms with E-state index in [9.17, 15) is 9.59 Å². The summed E-state index contributed by atoms with van der Waals surface area (Å²) in [4.78, 5) is 26.5. The number of nitrogens with zero attached hydrogens (tertiary/aromatic N) is 1. The first-order valence-corrected chi connectivity index (χ1v) is 7.30. The Labute approximate surface area is 122 Å². The summed E-state index contributed by atoms with van der Waals surface area (Å²) in [6.45, 7) is 8.50. The molecule has 1 amide bonds. The third kappa shape index (κ3) is 5.66. The molecule has 1 aromatic heterocycles. The summed E-state index contributed by atoms with van der Waals surface area (Å²) in [7, 11) is 0. The van der Waals surface area contributed by atoms with Crippen LogP contribution < -0.4 is 10.6 Å². The van der Waals surface area contributed by atoms with Crippen LogP contribution in [-0.4, -0.2) is 34.1 Å². The first-order valence-electron chi connectivity index (χ1n) is 6.42. The van der Waals surface area contributed by atoms with Gasteiger partial charge in [0.05, 0.1) is 6.04 Å². The number of aromatic nitrogens is 1. The topological polar surface area (TPSA) is 91.3 Å². The summed E-state index contributed by atoms with van der Waals surface area (Å²) >= 11 is 1.23. The van der Waals surface area contributed by atoms with Crippen LogP contribution in [0.1, 0.15) is 55.7 Å². The molecule has 112 valence electrons. The van der Waals surface area contributed by atoms with Crippen molar-refractivity contribution in [3.8, 4) is 0 Å². The van der Waals surface area contributed by atoms with Crippen molar-refractivity contribution < 1.29 is 14.7 Å². The summed E-state index contributed by atoms with van der Waals surface area (Å²) in [6.07, 6.45) is 0.374. The molecule has 7 heteroatoms. The lowest BCUT2D eigenvalue weighted by atomic mass is 10.1. The molecule has 0 aliphatic carbocycles. The highest BCUT2D eigenvalue weighted by molar-refractivity contribution is 7.09. The van der Waals surface area contributed by atoms with Gasteiger partial charge in [-0.2, -0.15) is 0 Å². The minimum Gasteiger partial charge on any atom is -0.476 e. The first kappa shape index (κ1) is 16.6. The van der Waals surface area contributed by atoms with Gasteiger partial charge in [-0.3, -0.25) is 4.79 Å². The Morgan fingerprint density at radius 2 is 2.10 bits per heavy atom. The van der Waals surface area contributed by atoms with E-state index in [-0.39, 0.29) is 23.2 Å². The number of amides is 1. The minimum absolute atomic E-state index is 0.0144. The standard InChI is InChI=1S/C13H21N3O3S/c1-8(11-16-9(7-20-11)12(18)19)15-10(17)5-6-14-13(2,3)4/h7-8,14H,5-6H2,1-4H3,(H,15,17)(H,18,19). The lowest BCUT2D eigenvalue weighted by molar-refractivity contribution is -0.121. The van der Waals surface area contributed by atoms with Gasteiger partial charge in [-0.1, -0.05) is 0 Å². The maximum absolute atomic E-state index is 11.8. The Balaban J connectivity index is 2.42. The zero-order valence-electron chi connectivity index (χ0n) is 12.2. The van der Waals surface area contributed by atoms with E-state index in [1.807, 2.05) is 20.8 Å². The number of rotatable bonds is 6. The Hall–Kier alpha value is -1.47. The molecule has 1 heterocycles. The lowest BCUT2D eigenvalue weighted by Crippen LogP contribution is -2.38. The van der Waals surface area contributed by atoms with Crippen LogP contribution >= 0.6 is 11.3 Å². The van der Waals surface area contributed by atoms with Gasteiger partial charge in [0.1, 0.15) is 5.01 Å². The summed E-state index contributed by atoms with van der Waals surface area (Å²) in [5.41, 5.74) is -0.00193. The number of hydrogen-bond donors (Lipinski definition) is 3. The van der Waals surface area contributed by atoms with Crippen LogP contribution in [0.5, 0.6) is 0 Å². The van der Waals surface area contributed by atoms with Gasteiger partial charge in [0.2, 0.25) is 5.91 Å². The fourth-order valence-corrected chi connectivity index (χ4v) is 2.31. The van der Waals surface area contributed by atoms with Crippen LogP contribution in [0.4, 0.5) is 0 Å². The number of carboxylic acid groups (broad SMARTS) is 1. The molecule has 0 aliphatic rings. The van der Waals surface area contributed by atoms with Crippen molar-refractivity contribution in [2.24, 2.45) is 0 Å². The summed E-state index contributed by atoms with van der Waals surface area (Å²) in [5.74, 6) is -1.14. The summed E-state index contributed by atoms with van der Waals surface area (Å²) in [5, 5.41) is 16.9. The molecule has 0 radical (unpaired) electrons. The Bertz CT molecular complexity index is 479. The van der Waals surface area contributed by atoms with Gasteiger partial charge in [-0.15, -0.1) is 11.3 Å². The molecule has 20 heavy (non-hydrogen) atoms. The van der Waals surface area contributed by atoms with Crippen LogP contribution in [0.15, 0.2) is 5.38 Å². The van der Waals surface area contributed by atoms with Gasteiger partial charge in [0.25, 0.3) is 0 Å². The zero-order chi connectivity index (χ0) is 15.3. The second-order valence-electron chi connectivity index (χ2n) is 5.59. The number of nitrogens with one attached hydrogen (secondary N) is 2. The number of thiazole rings is 1. The molecule has 1 aromatic rings. The molecule has 0 bridgehead atoms. The zero-order valence-corrected chi connectivity index (χ0v) is 13.0. The average molecular weight is 299 g/mol. The molecule has 0 saturated heterocycles. The second-order valence-corrected chi connectivity index (χ2v) is 6.48. The highest BCUT2D eigenvalue weighted by Crippen LogP contribution is 2.18. The van der Waals surface area contributed by atoms with Crippen molar-refractivity contribution in [1.29, 1.82) is 0 Å². The maximum atomic E-state index is 11.8. The number of carbonyl (C=O) groups excluding carboxylic acids is 1. The van der Waals surface area contributed by atoms with Crippen molar-refractivity contribution in [2.45, 2.75) is 45.7 Å².